The number of benzene rings is 2. The Balaban J connectivity index is 1.83. The number of nitrogens with two attached hydrogens (primary N) is 1. The smallest absolute Gasteiger partial charge is 0.126 e. The fourth-order valence-corrected chi connectivity index (χ4v) is 3.17. The summed E-state index contributed by atoms with van der Waals surface area (Å²) in [5.41, 5.74) is 9.87. The molecular formula is C19H21N3S. The molecule has 4 heteroatoms. The Morgan fingerprint density at radius 1 is 1.09 bits per heavy atom. The molecule has 0 radical (unpaired) electrons. The zero-order valence-electron chi connectivity index (χ0n) is 13.4. The first-order chi connectivity index (χ1) is 11.2. The van der Waals surface area contributed by atoms with Gasteiger partial charge in [-0.15, -0.1) is 11.8 Å². The Morgan fingerprint density at radius 2 is 1.78 bits per heavy atom. The summed E-state index contributed by atoms with van der Waals surface area (Å²) in [5, 5.41) is 0. The van der Waals surface area contributed by atoms with E-state index in [9.17, 15) is 0 Å². The molecule has 118 valence electrons. The molecule has 3 nitrogen and oxygen atoms in total. The van der Waals surface area contributed by atoms with Crippen molar-refractivity contribution in [2.45, 2.75) is 17.4 Å². The third-order valence-corrected chi connectivity index (χ3v) is 4.78. The molecule has 2 N–H and O–H groups in total. The largest absolute Gasteiger partial charge is 0.330 e. The van der Waals surface area contributed by atoms with Crippen LogP contribution in [0.15, 0.2) is 65.7 Å². The minimum Gasteiger partial charge on any atom is -0.330 e. The second-order valence-electron chi connectivity index (χ2n) is 5.59. The number of thioether (sulfide) groups is 1. The van der Waals surface area contributed by atoms with Gasteiger partial charge in [-0.1, -0.05) is 42.5 Å². The number of hydrogen-bond acceptors (Lipinski definition) is 3. The topological polar surface area (TPSA) is 43.8 Å². The summed E-state index contributed by atoms with van der Waals surface area (Å²) in [4.78, 5) is 5.82. The van der Waals surface area contributed by atoms with Crippen molar-refractivity contribution in [2.24, 2.45) is 12.8 Å². The highest BCUT2D eigenvalue weighted by Gasteiger charge is 2.15. The van der Waals surface area contributed by atoms with E-state index in [1.165, 1.54) is 10.5 Å². The first kappa shape index (κ1) is 15.8. The number of aromatic nitrogens is 2. The zero-order valence-corrected chi connectivity index (χ0v) is 14.3. The van der Waals surface area contributed by atoms with Gasteiger partial charge >= 0.3 is 0 Å². The summed E-state index contributed by atoms with van der Waals surface area (Å²) >= 11 is 1.75. The van der Waals surface area contributed by atoms with E-state index in [0.717, 1.165) is 23.5 Å². The maximum atomic E-state index is 6.38. The van der Waals surface area contributed by atoms with Gasteiger partial charge in [-0.2, -0.15) is 0 Å². The van der Waals surface area contributed by atoms with Gasteiger partial charge in [0.2, 0.25) is 0 Å². The van der Waals surface area contributed by atoms with E-state index in [0.29, 0.717) is 0 Å². The molecule has 1 heterocycles. The van der Waals surface area contributed by atoms with E-state index >= 15 is 0 Å². The first-order valence-electron chi connectivity index (χ1n) is 7.64. The van der Waals surface area contributed by atoms with Gasteiger partial charge in [-0.25, -0.2) is 4.98 Å². The third-order valence-electron chi connectivity index (χ3n) is 4.04. The van der Waals surface area contributed by atoms with E-state index < -0.39 is 0 Å². The lowest BCUT2D eigenvalue weighted by molar-refractivity contribution is 0.634. The molecule has 0 saturated carbocycles. The standard InChI is InChI=1S/C19H21N3S/c1-22-18(15-8-10-16(23-2)11-9-15)13-21-19(22)17(20)12-14-6-4-3-5-7-14/h3-11,13,17H,12,20H2,1-2H3/t17-/m0/s1. The van der Waals surface area contributed by atoms with E-state index in [1.54, 1.807) is 11.8 Å². The van der Waals surface area contributed by atoms with Crippen molar-refractivity contribution in [3.8, 4) is 11.3 Å². The molecule has 0 bridgehead atoms. The highest BCUT2D eigenvalue weighted by molar-refractivity contribution is 7.98. The predicted molar refractivity (Wildman–Crippen MR) is 97.5 cm³/mol. The van der Waals surface area contributed by atoms with E-state index in [1.807, 2.05) is 31.4 Å². The Hall–Kier alpha value is -2.04. The van der Waals surface area contributed by atoms with Crippen LogP contribution >= 0.6 is 11.8 Å². The Bertz CT molecular complexity index is 763. The van der Waals surface area contributed by atoms with Crippen LogP contribution in [0.2, 0.25) is 0 Å². The van der Waals surface area contributed by atoms with Crippen molar-refractivity contribution in [2.75, 3.05) is 6.26 Å². The van der Waals surface area contributed by atoms with Crippen molar-refractivity contribution in [1.82, 2.24) is 9.55 Å². The fourth-order valence-electron chi connectivity index (χ4n) is 2.76. The van der Waals surface area contributed by atoms with E-state index in [2.05, 4.69) is 52.2 Å². The fraction of sp³-hybridized carbons (Fsp3) is 0.211. The van der Waals surface area contributed by atoms with Crippen molar-refractivity contribution in [3.63, 3.8) is 0 Å². The molecule has 0 aliphatic rings. The van der Waals surface area contributed by atoms with Crippen LogP contribution in [0.25, 0.3) is 11.3 Å². The summed E-state index contributed by atoms with van der Waals surface area (Å²) in [5.74, 6) is 0.915. The summed E-state index contributed by atoms with van der Waals surface area (Å²) < 4.78 is 2.10. The van der Waals surface area contributed by atoms with Gasteiger partial charge in [0.05, 0.1) is 17.9 Å². The molecule has 0 fully saturated rings. The van der Waals surface area contributed by atoms with Gasteiger partial charge in [-0.05, 0) is 35.9 Å². The highest BCUT2D eigenvalue weighted by atomic mass is 32.2. The summed E-state index contributed by atoms with van der Waals surface area (Å²) in [6.07, 6.45) is 4.78. The molecule has 0 unspecified atom stereocenters. The lowest BCUT2D eigenvalue weighted by Crippen LogP contribution is -2.18. The lowest BCUT2D eigenvalue weighted by atomic mass is 10.1. The minimum absolute atomic E-state index is 0.110. The molecular weight excluding hydrogens is 302 g/mol. The first-order valence-corrected chi connectivity index (χ1v) is 8.87. The third kappa shape index (κ3) is 3.49. The summed E-state index contributed by atoms with van der Waals surface area (Å²) in [7, 11) is 2.03. The molecule has 3 rings (SSSR count). The quantitative estimate of drug-likeness (QED) is 0.720. The van der Waals surface area contributed by atoms with Gasteiger partial charge in [0.25, 0.3) is 0 Å². The molecule has 1 atom stereocenters. The Labute approximate surface area is 141 Å². The second-order valence-corrected chi connectivity index (χ2v) is 6.47. The number of nitrogens with zero attached hydrogens (tertiary/aromatic N) is 2. The van der Waals surface area contributed by atoms with Crippen LogP contribution in [0.3, 0.4) is 0 Å². The molecule has 0 spiro atoms. The van der Waals surface area contributed by atoms with Crippen LogP contribution < -0.4 is 5.73 Å². The molecule has 3 aromatic rings. The van der Waals surface area contributed by atoms with Gasteiger partial charge in [0.1, 0.15) is 5.82 Å². The summed E-state index contributed by atoms with van der Waals surface area (Å²) in [6.45, 7) is 0. The molecule has 2 aromatic carbocycles. The SMILES string of the molecule is CSc1ccc(-c2cnc([C@@H](N)Cc3ccccc3)n2C)cc1. The number of hydrogen-bond donors (Lipinski definition) is 1. The zero-order chi connectivity index (χ0) is 16.2. The molecule has 0 amide bonds. The molecule has 0 aliphatic heterocycles. The average molecular weight is 323 g/mol. The Morgan fingerprint density at radius 3 is 2.43 bits per heavy atom. The van der Waals surface area contributed by atoms with Crippen LogP contribution in [0.1, 0.15) is 17.4 Å². The van der Waals surface area contributed by atoms with Crippen LogP contribution in [0.4, 0.5) is 0 Å². The van der Waals surface area contributed by atoms with Crippen LogP contribution in [-0.4, -0.2) is 15.8 Å². The van der Waals surface area contributed by atoms with Gasteiger partial charge in [0.15, 0.2) is 0 Å². The Kier molecular flexibility index (Phi) is 4.84. The van der Waals surface area contributed by atoms with Gasteiger partial charge in [-0.3, -0.25) is 0 Å². The van der Waals surface area contributed by atoms with Crippen LogP contribution in [0.5, 0.6) is 0 Å². The van der Waals surface area contributed by atoms with Crippen LogP contribution in [-0.2, 0) is 13.5 Å². The maximum Gasteiger partial charge on any atom is 0.126 e. The van der Waals surface area contributed by atoms with Crippen molar-refractivity contribution >= 4 is 11.8 Å². The second kappa shape index (κ2) is 7.02. The van der Waals surface area contributed by atoms with Crippen LogP contribution in [0, 0.1) is 0 Å². The molecule has 0 saturated heterocycles. The van der Waals surface area contributed by atoms with Crippen molar-refractivity contribution in [3.05, 3.63) is 72.2 Å². The maximum absolute atomic E-state index is 6.38. The number of rotatable bonds is 5. The predicted octanol–water partition coefficient (Wildman–Crippen LogP) is 4.05. The van der Waals surface area contributed by atoms with Crippen molar-refractivity contribution in [1.29, 1.82) is 0 Å². The van der Waals surface area contributed by atoms with E-state index in [-0.39, 0.29) is 6.04 Å². The number of imidazole rings is 1. The minimum atomic E-state index is -0.110. The average Bonchev–Trinajstić information content (AvgIpc) is 2.97. The highest BCUT2D eigenvalue weighted by Crippen LogP contribution is 2.25. The van der Waals surface area contributed by atoms with Gasteiger partial charge in [0, 0.05) is 11.9 Å². The normalized spacial score (nSPS) is 12.3. The molecule has 0 aliphatic carbocycles. The van der Waals surface area contributed by atoms with Gasteiger partial charge < -0.3 is 10.3 Å². The summed E-state index contributed by atoms with van der Waals surface area (Å²) in [6, 6.07) is 18.7. The molecule has 23 heavy (non-hydrogen) atoms. The molecule has 1 aromatic heterocycles. The lowest BCUT2D eigenvalue weighted by Gasteiger charge is -2.13. The van der Waals surface area contributed by atoms with E-state index in [4.69, 9.17) is 5.73 Å². The van der Waals surface area contributed by atoms with Crippen molar-refractivity contribution < 1.29 is 0 Å². The monoisotopic (exact) mass is 323 g/mol.